The summed E-state index contributed by atoms with van der Waals surface area (Å²) in [6, 6.07) is -2.79. The number of aliphatic hydroxyl groups excluding tert-OH is 13. The number of ketones is 1. The minimum Gasteiger partial charge on any atom is -0.477 e. The fraction of sp³-hybridized carbons (Fsp3) is 0.919. The van der Waals surface area contributed by atoms with Gasteiger partial charge in [0, 0.05) is 32.1 Å². The summed E-state index contributed by atoms with van der Waals surface area (Å²) in [7, 11) is 0. The first-order valence-electron chi connectivity index (χ1n) is 38.8. The Balaban J connectivity index is 1.48. The number of carboxylic acids is 1. The third-order valence-corrected chi connectivity index (χ3v) is 20.3. The SMILES string of the molecule is CCCCCCCCCCCCCC=CC(O)C(COC1OC(CO)C(OC2OC(CO)C(OC3OC(CO)C(O)C(O)C3CC(C)=O)C(OC3(C(=O)O)CC(O)C(NC(C)=O)C(C(O)C(O)CO)O3)C2O)C(O)C1O)NC(=O)CCCCCCCCCCCCCCCCCCCCCCC. The van der Waals surface area contributed by atoms with Crippen molar-refractivity contribution in [2.75, 3.05) is 33.0 Å². The van der Waals surface area contributed by atoms with Crippen LogP contribution in [-0.2, 0) is 57.1 Å². The maximum absolute atomic E-state index is 13.6. The van der Waals surface area contributed by atoms with E-state index in [9.17, 15) is 90.7 Å². The first-order chi connectivity index (χ1) is 49.0. The molecule has 28 nitrogen and oxygen atoms in total. The molecule has 0 aromatic carbocycles. The Labute approximate surface area is 604 Å². The van der Waals surface area contributed by atoms with E-state index < -0.39 is 204 Å². The van der Waals surface area contributed by atoms with Crippen LogP contribution in [-0.4, -0.2) is 262 Å². The predicted octanol–water partition coefficient (Wildman–Crippen LogP) is 4.56. The maximum atomic E-state index is 13.6. The van der Waals surface area contributed by atoms with E-state index in [0.29, 0.717) is 12.8 Å². The molecule has 0 bridgehead atoms. The van der Waals surface area contributed by atoms with Gasteiger partial charge in [-0.1, -0.05) is 219 Å². The minimum absolute atomic E-state index is 0.165. The average molecular weight is 1470 g/mol. The van der Waals surface area contributed by atoms with Crippen molar-refractivity contribution in [2.24, 2.45) is 5.92 Å². The lowest BCUT2D eigenvalue weighted by atomic mass is 9.87. The average Bonchev–Trinajstić information content (AvgIpc) is 0.748. The Bertz CT molecular complexity index is 2280. The third kappa shape index (κ3) is 31.3. The number of unbranched alkanes of at least 4 members (excludes halogenated alkanes) is 31. The molecule has 0 aliphatic carbocycles. The number of ether oxygens (including phenoxy) is 8. The van der Waals surface area contributed by atoms with Gasteiger partial charge >= 0.3 is 5.97 Å². The first kappa shape index (κ1) is 91.4. The maximum Gasteiger partial charge on any atom is 0.364 e. The summed E-state index contributed by atoms with van der Waals surface area (Å²) < 4.78 is 48.2. The number of aliphatic hydroxyl groups is 13. The van der Waals surface area contributed by atoms with Crippen LogP contribution in [0.25, 0.3) is 0 Å². The molecule has 4 aliphatic rings. The number of aliphatic carboxylic acids is 1. The van der Waals surface area contributed by atoms with Crippen LogP contribution in [0.1, 0.15) is 259 Å². The van der Waals surface area contributed by atoms with Crippen LogP contribution in [0.4, 0.5) is 0 Å². The largest absolute Gasteiger partial charge is 0.477 e. The summed E-state index contributed by atoms with van der Waals surface area (Å²) in [6.07, 6.45) is 3.80. The molecule has 0 radical (unpaired) electrons. The summed E-state index contributed by atoms with van der Waals surface area (Å²) in [5, 5.41) is 161. The Hall–Kier alpha value is -3.02. The van der Waals surface area contributed by atoms with Crippen molar-refractivity contribution in [1.82, 2.24) is 10.6 Å². The molecular formula is C74H134N2O26. The summed E-state index contributed by atoms with van der Waals surface area (Å²) in [6.45, 7) is 1.95. The van der Waals surface area contributed by atoms with Crippen LogP contribution in [0.15, 0.2) is 12.2 Å². The van der Waals surface area contributed by atoms with Crippen molar-refractivity contribution >= 4 is 23.6 Å². The van der Waals surface area contributed by atoms with Gasteiger partial charge in [-0.15, -0.1) is 0 Å². The lowest BCUT2D eigenvalue weighted by molar-refractivity contribution is -0.403. The molecule has 0 aromatic heterocycles. The summed E-state index contributed by atoms with van der Waals surface area (Å²) in [5.74, 6) is -8.55. The number of carbonyl (C=O) groups excluding carboxylic acids is 3. The number of carboxylic acid groups (broad SMARTS) is 1. The molecule has 4 fully saturated rings. The topological polar surface area (TPSA) is 449 Å². The van der Waals surface area contributed by atoms with Gasteiger partial charge in [0.05, 0.1) is 63.4 Å². The van der Waals surface area contributed by atoms with Gasteiger partial charge in [0.2, 0.25) is 11.8 Å². The molecule has 28 heteroatoms. The number of carbonyl (C=O) groups is 4. The summed E-state index contributed by atoms with van der Waals surface area (Å²) in [4.78, 5) is 52.2. The lowest BCUT2D eigenvalue weighted by Crippen LogP contribution is -2.71. The van der Waals surface area contributed by atoms with E-state index in [1.807, 2.05) is 6.08 Å². The number of hydrogen-bond acceptors (Lipinski definition) is 25. The molecule has 0 aromatic rings. The van der Waals surface area contributed by atoms with Gasteiger partial charge in [0.15, 0.2) is 18.9 Å². The number of amides is 2. The smallest absolute Gasteiger partial charge is 0.364 e. The van der Waals surface area contributed by atoms with Crippen molar-refractivity contribution in [2.45, 2.75) is 393 Å². The fourth-order valence-electron chi connectivity index (χ4n) is 14.1. The number of allylic oxidation sites excluding steroid dienone is 1. The molecule has 596 valence electrons. The van der Waals surface area contributed by atoms with Gasteiger partial charge in [-0.3, -0.25) is 9.59 Å². The zero-order valence-electron chi connectivity index (χ0n) is 61.5. The van der Waals surface area contributed by atoms with Crippen molar-refractivity contribution in [3.8, 4) is 0 Å². The number of hydrogen-bond donors (Lipinski definition) is 16. The molecule has 16 N–H and O–H groups in total. The molecule has 102 heavy (non-hydrogen) atoms. The highest BCUT2D eigenvalue weighted by Crippen LogP contribution is 2.41. The zero-order chi connectivity index (χ0) is 75.0. The standard InChI is InChI=1S/C74H134N2O26/c1-5-7-9-11-13-15-17-19-20-21-22-23-24-25-26-28-30-32-34-36-38-40-58(86)76-51(52(83)39-37-35-33-31-29-27-18-16-14-12-10-8-6-2)47-95-71-64(91)63(90)66(56(45-79)97-71)99-72-65(92)69(67(57(46-80)98-72)100-70-50(41-48(3)81)60(87)62(89)55(44-78)96-70)102-74(73(93)94)42-53(84)59(75-49(4)82)68(101-74)61(88)54(85)43-77/h37,39,50-57,59-72,77-80,83-85,87-92H,5-36,38,40-47H2,1-4H3,(H,75,82)(H,76,86)(H,93,94). The molecule has 23 unspecified atom stereocenters. The van der Waals surface area contributed by atoms with E-state index in [-0.39, 0.29) is 12.3 Å². The van der Waals surface area contributed by atoms with E-state index >= 15 is 0 Å². The quantitative estimate of drug-likeness (QED) is 0.0293. The van der Waals surface area contributed by atoms with Gasteiger partial charge in [0.25, 0.3) is 5.79 Å². The minimum atomic E-state index is -3.26. The van der Waals surface area contributed by atoms with Crippen molar-refractivity contribution in [3.63, 3.8) is 0 Å². The number of nitrogens with one attached hydrogen (secondary N) is 2. The molecule has 2 amide bonds. The lowest BCUT2D eigenvalue weighted by Gasteiger charge is -2.52. The highest BCUT2D eigenvalue weighted by atomic mass is 16.8. The van der Waals surface area contributed by atoms with E-state index in [1.54, 1.807) is 6.08 Å². The Kier molecular flexibility index (Phi) is 46.0. The van der Waals surface area contributed by atoms with Gasteiger partial charge in [-0.25, -0.2) is 4.79 Å². The highest BCUT2D eigenvalue weighted by Gasteiger charge is 2.61. The van der Waals surface area contributed by atoms with Crippen molar-refractivity contribution in [1.29, 1.82) is 0 Å². The van der Waals surface area contributed by atoms with Crippen LogP contribution >= 0.6 is 0 Å². The van der Waals surface area contributed by atoms with E-state index in [4.69, 9.17) is 37.9 Å². The van der Waals surface area contributed by atoms with Crippen molar-refractivity contribution in [3.05, 3.63) is 12.2 Å². The van der Waals surface area contributed by atoms with Crippen LogP contribution in [0, 0.1) is 5.92 Å². The second-order valence-corrected chi connectivity index (χ2v) is 28.9. The Morgan fingerprint density at radius 3 is 1.47 bits per heavy atom. The molecule has 0 saturated carbocycles. The zero-order valence-corrected chi connectivity index (χ0v) is 61.5. The molecule has 4 heterocycles. The molecule has 0 spiro atoms. The van der Waals surface area contributed by atoms with E-state index in [1.165, 1.54) is 148 Å². The Morgan fingerprint density at radius 1 is 0.539 bits per heavy atom. The monoisotopic (exact) mass is 1470 g/mol. The van der Waals surface area contributed by atoms with Crippen LogP contribution < -0.4 is 10.6 Å². The second-order valence-electron chi connectivity index (χ2n) is 28.9. The molecule has 4 aliphatic heterocycles. The highest BCUT2D eigenvalue weighted by molar-refractivity contribution is 5.77. The van der Waals surface area contributed by atoms with Gasteiger partial charge in [-0.05, 0) is 26.2 Å². The van der Waals surface area contributed by atoms with Gasteiger partial charge in [0.1, 0.15) is 85.1 Å². The summed E-state index contributed by atoms with van der Waals surface area (Å²) in [5.41, 5.74) is 0. The van der Waals surface area contributed by atoms with E-state index in [0.717, 1.165) is 65.2 Å². The van der Waals surface area contributed by atoms with Gasteiger partial charge < -0.3 is 125 Å². The van der Waals surface area contributed by atoms with Crippen LogP contribution in [0.2, 0.25) is 0 Å². The van der Waals surface area contributed by atoms with E-state index in [2.05, 4.69) is 24.5 Å². The predicted molar refractivity (Wildman–Crippen MR) is 375 cm³/mol. The van der Waals surface area contributed by atoms with Crippen LogP contribution in [0.5, 0.6) is 0 Å². The normalized spacial score (nSPS) is 31.2. The second kappa shape index (κ2) is 51.3. The van der Waals surface area contributed by atoms with Crippen molar-refractivity contribution < 1.29 is 129 Å². The third-order valence-electron chi connectivity index (χ3n) is 20.3. The summed E-state index contributed by atoms with van der Waals surface area (Å²) >= 11 is 0. The Morgan fingerprint density at radius 2 is 1.00 bits per heavy atom. The first-order valence-corrected chi connectivity index (χ1v) is 38.8. The molecule has 23 atom stereocenters. The number of Topliss-reactive ketones (excluding diaryl/α,β-unsaturated/α-hetero) is 1. The molecular weight excluding hydrogens is 1330 g/mol. The number of rotatable bonds is 56. The van der Waals surface area contributed by atoms with Crippen LogP contribution in [0.3, 0.4) is 0 Å². The molecule has 4 rings (SSSR count). The molecule has 4 saturated heterocycles. The van der Waals surface area contributed by atoms with Gasteiger partial charge in [-0.2, -0.15) is 0 Å². The fourth-order valence-corrected chi connectivity index (χ4v) is 14.1.